The second kappa shape index (κ2) is 5.26. The number of nitrogens with zero attached hydrogens (tertiary/aromatic N) is 1. The lowest BCUT2D eigenvalue weighted by atomic mass is 10.2. The summed E-state index contributed by atoms with van der Waals surface area (Å²) in [7, 11) is 0. The number of amides is 2. The molecule has 3 N–H and O–H groups in total. The number of nitrogens with one attached hydrogen (secondary N) is 1. The Balaban J connectivity index is 2.93. The van der Waals surface area contributed by atoms with Crippen LogP contribution in [0.5, 0.6) is 0 Å². The Morgan fingerprint density at radius 3 is 2.59 bits per heavy atom. The number of rotatable bonds is 4. The summed E-state index contributed by atoms with van der Waals surface area (Å²) in [5.41, 5.74) is 4.53. The second-order valence-corrected chi connectivity index (χ2v) is 3.54. The van der Waals surface area contributed by atoms with Crippen LogP contribution in [0.15, 0.2) is 18.2 Å². The maximum atomic E-state index is 11.5. The summed E-state index contributed by atoms with van der Waals surface area (Å²) in [5.74, 6) is -1.37. The Morgan fingerprint density at radius 1 is 1.41 bits per heavy atom. The third kappa shape index (κ3) is 3.72. The molecule has 17 heavy (non-hydrogen) atoms. The van der Waals surface area contributed by atoms with Gasteiger partial charge in [-0.15, -0.1) is 0 Å². The van der Waals surface area contributed by atoms with Crippen LogP contribution < -0.4 is 11.1 Å². The van der Waals surface area contributed by atoms with E-state index in [1.807, 2.05) is 0 Å². The minimum atomic E-state index is -0.713. The molecule has 0 aliphatic carbocycles. The third-order valence-electron chi connectivity index (χ3n) is 1.78. The molecule has 0 aromatic heterocycles. The zero-order valence-electron chi connectivity index (χ0n) is 8.47. The lowest BCUT2D eigenvalue weighted by Crippen LogP contribution is -2.33. The minimum absolute atomic E-state index is 0.00884. The number of nitro groups is 1. The number of carbonyl (C=O) groups is 2. The molecule has 0 radical (unpaired) electrons. The standard InChI is InChI=1S/C9H8ClN3O4/c10-6-1-5(2-7(3-6)13(16)17)9(15)12-4-8(11)14/h1-3H,4H2,(H2,11,14)(H,12,15). The summed E-state index contributed by atoms with van der Waals surface area (Å²) in [5, 5.41) is 12.8. The van der Waals surface area contributed by atoms with E-state index < -0.39 is 16.7 Å². The van der Waals surface area contributed by atoms with Crippen molar-refractivity contribution in [3.63, 3.8) is 0 Å². The van der Waals surface area contributed by atoms with Crippen LogP contribution >= 0.6 is 11.6 Å². The molecule has 2 amide bonds. The summed E-state index contributed by atoms with van der Waals surface area (Å²) < 4.78 is 0. The van der Waals surface area contributed by atoms with E-state index in [1.165, 1.54) is 6.07 Å². The number of benzene rings is 1. The van der Waals surface area contributed by atoms with Crippen molar-refractivity contribution in [2.75, 3.05) is 6.54 Å². The fraction of sp³-hybridized carbons (Fsp3) is 0.111. The Morgan fingerprint density at radius 2 is 2.06 bits per heavy atom. The first-order chi connectivity index (χ1) is 7.90. The summed E-state index contributed by atoms with van der Waals surface area (Å²) >= 11 is 5.62. The van der Waals surface area contributed by atoms with Gasteiger partial charge in [0.2, 0.25) is 5.91 Å². The van der Waals surface area contributed by atoms with Gasteiger partial charge in [0.25, 0.3) is 11.6 Å². The molecule has 0 spiro atoms. The van der Waals surface area contributed by atoms with Gasteiger partial charge >= 0.3 is 0 Å². The van der Waals surface area contributed by atoms with E-state index in [4.69, 9.17) is 17.3 Å². The smallest absolute Gasteiger partial charge is 0.271 e. The largest absolute Gasteiger partial charge is 0.368 e. The molecule has 0 heterocycles. The van der Waals surface area contributed by atoms with Crippen LogP contribution in [0.3, 0.4) is 0 Å². The number of hydrogen-bond acceptors (Lipinski definition) is 4. The normalized spacial score (nSPS) is 9.71. The first kappa shape index (κ1) is 12.9. The highest BCUT2D eigenvalue weighted by Gasteiger charge is 2.14. The van der Waals surface area contributed by atoms with Crippen LogP contribution in [0.25, 0.3) is 0 Å². The molecule has 1 rings (SSSR count). The van der Waals surface area contributed by atoms with E-state index in [-0.39, 0.29) is 22.8 Å². The fourth-order valence-corrected chi connectivity index (χ4v) is 1.31. The monoisotopic (exact) mass is 257 g/mol. The van der Waals surface area contributed by atoms with Gasteiger partial charge in [-0.1, -0.05) is 11.6 Å². The van der Waals surface area contributed by atoms with Gasteiger partial charge in [0.1, 0.15) is 0 Å². The van der Waals surface area contributed by atoms with Crippen molar-refractivity contribution in [2.45, 2.75) is 0 Å². The average Bonchev–Trinajstić information content (AvgIpc) is 2.24. The maximum absolute atomic E-state index is 11.5. The van der Waals surface area contributed by atoms with Crippen molar-refractivity contribution < 1.29 is 14.5 Å². The van der Waals surface area contributed by atoms with Crippen molar-refractivity contribution in [1.29, 1.82) is 0 Å². The zero-order chi connectivity index (χ0) is 13.0. The molecular formula is C9H8ClN3O4. The first-order valence-electron chi connectivity index (χ1n) is 4.41. The number of non-ortho nitro benzene ring substituents is 1. The predicted octanol–water partition coefficient (Wildman–Crippen LogP) is 0.463. The molecule has 0 saturated heterocycles. The lowest BCUT2D eigenvalue weighted by molar-refractivity contribution is -0.384. The van der Waals surface area contributed by atoms with Gasteiger partial charge < -0.3 is 11.1 Å². The topological polar surface area (TPSA) is 115 Å². The molecule has 0 aliphatic heterocycles. The minimum Gasteiger partial charge on any atom is -0.368 e. The molecule has 90 valence electrons. The number of hydrogen-bond donors (Lipinski definition) is 2. The Kier molecular flexibility index (Phi) is 4.00. The number of nitrogens with two attached hydrogens (primary N) is 1. The Labute approximate surface area is 101 Å². The molecule has 0 fully saturated rings. The highest BCUT2D eigenvalue weighted by atomic mass is 35.5. The molecule has 7 nitrogen and oxygen atoms in total. The summed E-state index contributed by atoms with van der Waals surface area (Å²) in [4.78, 5) is 31.8. The van der Waals surface area contributed by atoms with E-state index in [0.717, 1.165) is 12.1 Å². The van der Waals surface area contributed by atoms with Crippen LogP contribution in [0.4, 0.5) is 5.69 Å². The summed E-state index contributed by atoms with van der Waals surface area (Å²) in [6.45, 7) is -0.348. The van der Waals surface area contributed by atoms with E-state index in [2.05, 4.69) is 5.32 Å². The van der Waals surface area contributed by atoms with Crippen molar-refractivity contribution in [3.8, 4) is 0 Å². The highest BCUT2D eigenvalue weighted by Crippen LogP contribution is 2.20. The number of nitro benzene ring substituents is 1. The second-order valence-electron chi connectivity index (χ2n) is 3.10. The molecule has 1 aromatic carbocycles. The maximum Gasteiger partial charge on any atom is 0.271 e. The fourth-order valence-electron chi connectivity index (χ4n) is 1.08. The van der Waals surface area contributed by atoms with Crippen molar-refractivity contribution in [1.82, 2.24) is 5.32 Å². The van der Waals surface area contributed by atoms with Gasteiger partial charge in [0, 0.05) is 22.7 Å². The van der Waals surface area contributed by atoms with Crippen LogP contribution in [-0.4, -0.2) is 23.3 Å². The van der Waals surface area contributed by atoms with Crippen LogP contribution in [0, 0.1) is 10.1 Å². The molecule has 1 aromatic rings. The van der Waals surface area contributed by atoms with Crippen molar-refractivity contribution in [3.05, 3.63) is 38.9 Å². The van der Waals surface area contributed by atoms with E-state index in [1.54, 1.807) is 0 Å². The van der Waals surface area contributed by atoms with Gasteiger partial charge in [-0.3, -0.25) is 19.7 Å². The Bertz CT molecular complexity index is 489. The molecule has 0 atom stereocenters. The van der Waals surface area contributed by atoms with Crippen LogP contribution in [-0.2, 0) is 4.79 Å². The number of halogens is 1. The van der Waals surface area contributed by atoms with Crippen molar-refractivity contribution >= 4 is 29.1 Å². The SMILES string of the molecule is NC(=O)CNC(=O)c1cc(Cl)cc([N+](=O)[O-])c1. The van der Waals surface area contributed by atoms with Crippen LogP contribution in [0.2, 0.25) is 5.02 Å². The van der Waals surface area contributed by atoms with E-state index in [0.29, 0.717) is 0 Å². The third-order valence-corrected chi connectivity index (χ3v) is 2.00. The van der Waals surface area contributed by atoms with Crippen LogP contribution in [0.1, 0.15) is 10.4 Å². The Hall–Kier alpha value is -2.15. The van der Waals surface area contributed by atoms with Gasteiger partial charge in [0.15, 0.2) is 0 Å². The average molecular weight is 258 g/mol. The summed E-state index contributed by atoms with van der Waals surface area (Å²) in [6.07, 6.45) is 0. The predicted molar refractivity (Wildman–Crippen MR) is 59.6 cm³/mol. The molecule has 0 unspecified atom stereocenters. The lowest BCUT2D eigenvalue weighted by Gasteiger charge is -2.03. The molecule has 8 heteroatoms. The highest BCUT2D eigenvalue weighted by molar-refractivity contribution is 6.31. The summed E-state index contributed by atoms with van der Waals surface area (Å²) in [6, 6.07) is 3.43. The van der Waals surface area contributed by atoms with Gasteiger partial charge in [-0.05, 0) is 6.07 Å². The molecule has 0 aliphatic rings. The van der Waals surface area contributed by atoms with Crippen molar-refractivity contribution in [2.24, 2.45) is 5.73 Å². The van der Waals surface area contributed by atoms with Gasteiger partial charge in [-0.2, -0.15) is 0 Å². The van der Waals surface area contributed by atoms with E-state index in [9.17, 15) is 19.7 Å². The molecule has 0 saturated carbocycles. The van der Waals surface area contributed by atoms with E-state index >= 15 is 0 Å². The number of carbonyl (C=O) groups excluding carboxylic acids is 2. The zero-order valence-corrected chi connectivity index (χ0v) is 9.23. The molecule has 0 bridgehead atoms. The number of primary amides is 1. The quantitative estimate of drug-likeness (QED) is 0.602. The first-order valence-corrected chi connectivity index (χ1v) is 4.79. The van der Waals surface area contributed by atoms with Gasteiger partial charge in [-0.25, -0.2) is 0 Å². The van der Waals surface area contributed by atoms with Gasteiger partial charge in [0.05, 0.1) is 11.5 Å². The molecular weight excluding hydrogens is 250 g/mol.